The molecule has 1 aromatic carbocycles. The molecular formula is C11H8ClN3O2S. The summed E-state index contributed by atoms with van der Waals surface area (Å²) >= 11 is 10.9. The van der Waals surface area contributed by atoms with E-state index in [0.29, 0.717) is 10.7 Å². The molecule has 1 aromatic heterocycles. The average Bonchev–Trinajstić information content (AvgIpc) is 2.78. The van der Waals surface area contributed by atoms with Gasteiger partial charge in [0.25, 0.3) is 0 Å². The lowest BCUT2D eigenvalue weighted by Gasteiger charge is -2.07. The number of carboxylic acids is 1. The third kappa shape index (κ3) is 2.85. The Balaban J connectivity index is 2.14. The molecule has 7 heteroatoms. The number of aromatic carboxylic acids is 1. The van der Waals surface area contributed by atoms with Crippen molar-refractivity contribution < 1.29 is 9.90 Å². The first-order valence-corrected chi connectivity index (χ1v) is 5.71. The smallest absolute Gasteiger partial charge is 0.356 e. The molecule has 2 rings (SSSR count). The molecule has 0 aliphatic rings. The van der Waals surface area contributed by atoms with Gasteiger partial charge in [0.05, 0.1) is 0 Å². The van der Waals surface area contributed by atoms with E-state index < -0.39 is 5.97 Å². The second-order valence-corrected chi connectivity index (χ2v) is 4.21. The van der Waals surface area contributed by atoms with Crippen molar-refractivity contribution in [3.05, 3.63) is 47.2 Å². The first-order valence-electron chi connectivity index (χ1n) is 4.92. The molecule has 18 heavy (non-hydrogen) atoms. The molecule has 2 N–H and O–H groups in total. The number of thiocarbonyl (C=S) groups is 1. The molecule has 92 valence electrons. The monoisotopic (exact) mass is 281 g/mol. The molecule has 0 atom stereocenters. The molecule has 0 aliphatic heterocycles. The van der Waals surface area contributed by atoms with Gasteiger partial charge in [-0.2, -0.15) is 5.10 Å². The molecule has 0 amide bonds. The van der Waals surface area contributed by atoms with Gasteiger partial charge in [-0.05, 0) is 36.5 Å². The number of hydrogen-bond acceptors (Lipinski definition) is 3. The lowest BCUT2D eigenvalue weighted by molar-refractivity contribution is 0.0690. The van der Waals surface area contributed by atoms with Gasteiger partial charge in [0.2, 0.25) is 0 Å². The molecule has 0 radical (unpaired) electrons. The van der Waals surface area contributed by atoms with Crippen LogP contribution in [0.3, 0.4) is 0 Å². The zero-order chi connectivity index (χ0) is 13.1. The van der Waals surface area contributed by atoms with Crippen LogP contribution < -0.4 is 5.32 Å². The third-order valence-electron chi connectivity index (χ3n) is 2.09. The summed E-state index contributed by atoms with van der Waals surface area (Å²) in [5.41, 5.74) is 0.644. The molecule has 2 aromatic rings. The highest BCUT2D eigenvalue weighted by Crippen LogP contribution is 2.15. The lowest BCUT2D eigenvalue weighted by Crippen LogP contribution is -2.20. The highest BCUT2D eigenvalue weighted by atomic mass is 35.5. The van der Waals surface area contributed by atoms with E-state index >= 15 is 0 Å². The predicted molar refractivity (Wildman–Crippen MR) is 72.3 cm³/mol. The summed E-state index contributed by atoms with van der Waals surface area (Å²) < 4.78 is 1.28. The maximum atomic E-state index is 10.7. The van der Waals surface area contributed by atoms with Crippen LogP contribution in [0.1, 0.15) is 10.5 Å². The van der Waals surface area contributed by atoms with Crippen LogP contribution in [0.2, 0.25) is 5.02 Å². The van der Waals surface area contributed by atoms with Crippen molar-refractivity contribution in [2.24, 2.45) is 0 Å². The minimum absolute atomic E-state index is 0.0646. The van der Waals surface area contributed by atoms with Crippen molar-refractivity contribution in [1.29, 1.82) is 0 Å². The molecule has 0 saturated heterocycles. The van der Waals surface area contributed by atoms with Crippen molar-refractivity contribution in [3.8, 4) is 0 Å². The molecular weight excluding hydrogens is 274 g/mol. The summed E-state index contributed by atoms with van der Waals surface area (Å²) in [6, 6.07) is 8.38. The van der Waals surface area contributed by atoms with E-state index in [2.05, 4.69) is 10.4 Å². The first-order chi connectivity index (χ1) is 8.56. The lowest BCUT2D eigenvalue weighted by atomic mass is 10.3. The zero-order valence-corrected chi connectivity index (χ0v) is 10.6. The highest BCUT2D eigenvalue weighted by Gasteiger charge is 2.09. The Morgan fingerprint density at radius 3 is 2.83 bits per heavy atom. The number of carboxylic acid groups (broad SMARTS) is 1. The van der Waals surface area contributed by atoms with Crippen LogP contribution in [0, 0.1) is 0 Å². The third-order valence-corrected chi connectivity index (χ3v) is 2.62. The maximum absolute atomic E-state index is 10.7. The normalized spacial score (nSPS) is 10.1. The van der Waals surface area contributed by atoms with Gasteiger partial charge < -0.3 is 10.4 Å². The SMILES string of the molecule is O=C(O)c1ccn(C(=S)Nc2cccc(Cl)c2)n1. The van der Waals surface area contributed by atoms with Crippen LogP contribution in [0.15, 0.2) is 36.5 Å². The maximum Gasteiger partial charge on any atom is 0.356 e. The Labute approximate surface area is 113 Å². The predicted octanol–water partition coefficient (Wildman–Crippen LogP) is 2.48. The molecule has 0 unspecified atom stereocenters. The quantitative estimate of drug-likeness (QED) is 0.828. The number of halogens is 1. The number of hydrogen-bond donors (Lipinski definition) is 2. The topological polar surface area (TPSA) is 67.2 Å². The molecule has 5 nitrogen and oxygen atoms in total. The fraction of sp³-hybridized carbons (Fsp3) is 0. The van der Waals surface area contributed by atoms with E-state index in [1.54, 1.807) is 24.3 Å². The second kappa shape index (κ2) is 5.16. The van der Waals surface area contributed by atoms with E-state index in [0.717, 1.165) is 0 Å². The minimum atomic E-state index is -1.10. The summed E-state index contributed by atoms with van der Waals surface area (Å²) in [5, 5.41) is 16.3. The minimum Gasteiger partial charge on any atom is -0.476 e. The number of nitrogens with zero attached hydrogens (tertiary/aromatic N) is 2. The molecule has 0 fully saturated rings. The van der Waals surface area contributed by atoms with Gasteiger partial charge in [-0.3, -0.25) is 0 Å². The molecule has 0 saturated carbocycles. The van der Waals surface area contributed by atoms with Crippen molar-refractivity contribution in [2.45, 2.75) is 0 Å². The Bertz CT molecular complexity index is 612. The van der Waals surface area contributed by atoms with Crippen LogP contribution in [0.4, 0.5) is 5.69 Å². The van der Waals surface area contributed by atoms with Crippen LogP contribution in [0.25, 0.3) is 0 Å². The zero-order valence-electron chi connectivity index (χ0n) is 9.00. The van der Waals surface area contributed by atoms with Gasteiger partial charge >= 0.3 is 5.97 Å². The second-order valence-electron chi connectivity index (χ2n) is 3.39. The van der Waals surface area contributed by atoms with E-state index in [1.807, 2.05) is 0 Å². The Hall–Kier alpha value is -1.92. The number of anilines is 1. The van der Waals surface area contributed by atoms with Crippen molar-refractivity contribution in [2.75, 3.05) is 5.32 Å². The number of aromatic nitrogens is 2. The van der Waals surface area contributed by atoms with Gasteiger partial charge in [0.15, 0.2) is 10.8 Å². The first kappa shape index (κ1) is 12.5. The fourth-order valence-electron chi connectivity index (χ4n) is 1.30. The van der Waals surface area contributed by atoms with Crippen LogP contribution in [-0.2, 0) is 0 Å². The Morgan fingerprint density at radius 1 is 1.44 bits per heavy atom. The van der Waals surface area contributed by atoms with Crippen LogP contribution in [-0.4, -0.2) is 26.0 Å². The van der Waals surface area contributed by atoms with Crippen molar-refractivity contribution in [3.63, 3.8) is 0 Å². The van der Waals surface area contributed by atoms with Gasteiger partial charge in [0, 0.05) is 16.9 Å². The Kier molecular flexibility index (Phi) is 3.59. The number of carbonyl (C=O) groups is 1. The molecule has 1 heterocycles. The van der Waals surface area contributed by atoms with Gasteiger partial charge in [0.1, 0.15) is 0 Å². The number of benzene rings is 1. The average molecular weight is 282 g/mol. The van der Waals surface area contributed by atoms with Gasteiger partial charge in [-0.1, -0.05) is 17.7 Å². The van der Waals surface area contributed by atoms with Crippen molar-refractivity contribution in [1.82, 2.24) is 9.78 Å². The summed E-state index contributed by atoms with van der Waals surface area (Å²) in [6.07, 6.45) is 1.48. The summed E-state index contributed by atoms with van der Waals surface area (Å²) in [7, 11) is 0. The summed E-state index contributed by atoms with van der Waals surface area (Å²) in [6.45, 7) is 0. The van der Waals surface area contributed by atoms with Gasteiger partial charge in [-0.15, -0.1) is 0 Å². The largest absolute Gasteiger partial charge is 0.476 e. The van der Waals surface area contributed by atoms with E-state index in [-0.39, 0.29) is 10.8 Å². The fourth-order valence-corrected chi connectivity index (χ4v) is 1.71. The summed E-state index contributed by atoms with van der Waals surface area (Å²) in [5.74, 6) is -1.10. The van der Waals surface area contributed by atoms with E-state index in [1.165, 1.54) is 16.9 Å². The number of rotatable bonds is 2. The van der Waals surface area contributed by atoms with Gasteiger partial charge in [-0.25, -0.2) is 9.48 Å². The van der Waals surface area contributed by atoms with Crippen LogP contribution in [0.5, 0.6) is 0 Å². The van der Waals surface area contributed by atoms with E-state index in [9.17, 15) is 4.79 Å². The Morgan fingerprint density at radius 2 is 2.22 bits per heavy atom. The molecule has 0 bridgehead atoms. The molecule has 0 aliphatic carbocycles. The molecule has 0 spiro atoms. The standard InChI is InChI=1S/C11H8ClN3O2S/c12-7-2-1-3-8(6-7)13-11(18)15-5-4-9(14-15)10(16)17/h1-6H,(H,13,18)(H,16,17). The summed E-state index contributed by atoms with van der Waals surface area (Å²) in [4.78, 5) is 10.7. The van der Waals surface area contributed by atoms with Crippen LogP contribution >= 0.6 is 23.8 Å². The highest BCUT2D eigenvalue weighted by molar-refractivity contribution is 7.80. The van der Waals surface area contributed by atoms with E-state index in [4.69, 9.17) is 28.9 Å². The van der Waals surface area contributed by atoms with Crippen molar-refractivity contribution >= 4 is 40.6 Å². The number of nitrogens with one attached hydrogen (secondary N) is 1.